The van der Waals surface area contributed by atoms with Gasteiger partial charge < -0.3 is 26.2 Å². The van der Waals surface area contributed by atoms with Crippen molar-refractivity contribution in [2.75, 3.05) is 30.4 Å². The van der Waals surface area contributed by atoms with Gasteiger partial charge in [0.15, 0.2) is 0 Å². The number of halogens is 1. The van der Waals surface area contributed by atoms with Crippen molar-refractivity contribution in [3.63, 3.8) is 0 Å². The van der Waals surface area contributed by atoms with Crippen LogP contribution in [0.4, 0.5) is 15.8 Å². The molecule has 0 bridgehead atoms. The second kappa shape index (κ2) is 5.33. The summed E-state index contributed by atoms with van der Waals surface area (Å²) in [5.74, 6) is -2.84. The summed E-state index contributed by atoms with van der Waals surface area (Å²) in [6.45, 7) is 0.616. The molecule has 1 fully saturated rings. The first kappa shape index (κ1) is 14.1. The number of carbonyl (C=O) groups is 2. The number of carbonyl (C=O) groups excluding carboxylic acids is 1. The van der Waals surface area contributed by atoms with E-state index < -0.39 is 29.4 Å². The van der Waals surface area contributed by atoms with Crippen LogP contribution in [0.2, 0.25) is 0 Å². The molecular weight excluding hydrogens is 269 g/mol. The monoisotopic (exact) mass is 283 g/mol. The van der Waals surface area contributed by atoms with Crippen LogP contribution in [0.25, 0.3) is 0 Å². The lowest BCUT2D eigenvalue weighted by molar-refractivity contribution is -0.121. The smallest absolute Gasteiger partial charge is 0.340 e. The number of morpholine rings is 1. The molecule has 1 aliphatic heterocycles. The predicted octanol–water partition coefficient (Wildman–Crippen LogP) is -0.203. The van der Waals surface area contributed by atoms with Crippen molar-refractivity contribution in [3.05, 3.63) is 23.5 Å². The van der Waals surface area contributed by atoms with E-state index in [1.807, 2.05) is 0 Å². The number of nitrogens with zero attached hydrogens (tertiary/aromatic N) is 1. The average Bonchev–Trinajstić information content (AvgIpc) is 2.41. The minimum Gasteiger partial charge on any atom is -0.478 e. The zero-order valence-electron chi connectivity index (χ0n) is 10.5. The number of benzene rings is 1. The van der Waals surface area contributed by atoms with Crippen LogP contribution in [0, 0.1) is 5.82 Å². The number of carboxylic acids is 1. The third-order valence-corrected chi connectivity index (χ3v) is 3.15. The molecule has 1 saturated heterocycles. The van der Waals surface area contributed by atoms with E-state index in [0.717, 1.165) is 6.07 Å². The molecular formula is C12H14FN3O4. The van der Waals surface area contributed by atoms with Gasteiger partial charge in [-0.05, 0) is 12.1 Å². The van der Waals surface area contributed by atoms with Gasteiger partial charge in [0.2, 0.25) is 5.91 Å². The predicted molar refractivity (Wildman–Crippen MR) is 68.9 cm³/mol. The number of carboxylic acid groups (broad SMARTS) is 1. The van der Waals surface area contributed by atoms with E-state index in [4.69, 9.17) is 16.2 Å². The van der Waals surface area contributed by atoms with Gasteiger partial charge in [-0.1, -0.05) is 0 Å². The fourth-order valence-electron chi connectivity index (χ4n) is 2.17. The van der Waals surface area contributed by atoms with Crippen LogP contribution >= 0.6 is 0 Å². The van der Waals surface area contributed by atoms with E-state index in [9.17, 15) is 19.1 Å². The largest absolute Gasteiger partial charge is 0.478 e. The summed E-state index contributed by atoms with van der Waals surface area (Å²) in [5.41, 5.74) is 10.1. The zero-order chi connectivity index (χ0) is 14.9. The molecule has 1 aromatic carbocycles. The molecule has 1 aliphatic rings. The molecule has 0 radical (unpaired) electrons. The van der Waals surface area contributed by atoms with E-state index in [-0.39, 0.29) is 24.4 Å². The summed E-state index contributed by atoms with van der Waals surface area (Å²) in [7, 11) is 0. The highest BCUT2D eigenvalue weighted by Crippen LogP contribution is 2.30. The molecule has 1 unspecified atom stereocenters. The van der Waals surface area contributed by atoms with Gasteiger partial charge in [-0.15, -0.1) is 0 Å². The Morgan fingerprint density at radius 3 is 2.75 bits per heavy atom. The Kier molecular flexibility index (Phi) is 3.75. The highest BCUT2D eigenvalue weighted by molar-refractivity contribution is 6.01. The van der Waals surface area contributed by atoms with Crippen LogP contribution < -0.4 is 16.4 Å². The van der Waals surface area contributed by atoms with E-state index in [1.54, 1.807) is 0 Å². The van der Waals surface area contributed by atoms with E-state index in [1.165, 1.54) is 11.0 Å². The van der Waals surface area contributed by atoms with Crippen molar-refractivity contribution in [1.29, 1.82) is 0 Å². The molecule has 108 valence electrons. The molecule has 0 spiro atoms. The molecule has 1 amide bonds. The molecule has 0 aliphatic carbocycles. The Bertz CT molecular complexity index is 564. The number of rotatable bonds is 3. The summed E-state index contributed by atoms with van der Waals surface area (Å²) in [6.07, 6.45) is 0. The van der Waals surface area contributed by atoms with Gasteiger partial charge in [0, 0.05) is 6.54 Å². The van der Waals surface area contributed by atoms with E-state index in [2.05, 4.69) is 0 Å². The Balaban J connectivity index is 2.53. The first-order valence-electron chi connectivity index (χ1n) is 5.88. The lowest BCUT2D eigenvalue weighted by Crippen LogP contribution is -2.53. The summed E-state index contributed by atoms with van der Waals surface area (Å²) in [6, 6.07) is 1.52. The van der Waals surface area contributed by atoms with Gasteiger partial charge in [-0.2, -0.15) is 0 Å². The highest BCUT2D eigenvalue weighted by Gasteiger charge is 2.31. The Labute approximate surface area is 113 Å². The van der Waals surface area contributed by atoms with Crippen LogP contribution in [0.5, 0.6) is 0 Å². The van der Waals surface area contributed by atoms with Gasteiger partial charge in [0.1, 0.15) is 17.4 Å². The van der Waals surface area contributed by atoms with Crippen LogP contribution in [-0.4, -0.2) is 42.8 Å². The minimum atomic E-state index is -1.37. The van der Waals surface area contributed by atoms with Crippen LogP contribution in [-0.2, 0) is 9.53 Å². The summed E-state index contributed by atoms with van der Waals surface area (Å²) >= 11 is 0. The number of hydrogen-bond acceptors (Lipinski definition) is 5. The fraction of sp³-hybridized carbons (Fsp3) is 0.333. The van der Waals surface area contributed by atoms with Gasteiger partial charge in [0.25, 0.3) is 0 Å². The number of anilines is 2. The summed E-state index contributed by atoms with van der Waals surface area (Å²) in [4.78, 5) is 24.2. The standard InChI is InChI=1S/C12H14FN3O4/c13-6-1-2-7(9(10(6)14)12(18)19)16-3-4-20-5-8(16)11(15)17/h1-2,8H,3-5,14H2,(H2,15,17)(H,18,19). The second-order valence-electron chi connectivity index (χ2n) is 4.35. The summed E-state index contributed by atoms with van der Waals surface area (Å²) < 4.78 is 18.6. The molecule has 8 heteroatoms. The Hall–Kier alpha value is -2.35. The Morgan fingerprint density at radius 2 is 2.15 bits per heavy atom. The Morgan fingerprint density at radius 1 is 1.45 bits per heavy atom. The lowest BCUT2D eigenvalue weighted by Gasteiger charge is -2.36. The van der Waals surface area contributed by atoms with Crippen molar-refractivity contribution in [1.82, 2.24) is 0 Å². The van der Waals surface area contributed by atoms with Crippen molar-refractivity contribution in [2.24, 2.45) is 5.73 Å². The maximum Gasteiger partial charge on any atom is 0.340 e. The minimum absolute atomic E-state index is 0.0473. The number of ether oxygens (including phenoxy) is 1. The molecule has 5 N–H and O–H groups in total. The molecule has 20 heavy (non-hydrogen) atoms. The third-order valence-electron chi connectivity index (χ3n) is 3.15. The normalized spacial score (nSPS) is 18.9. The number of aromatic carboxylic acids is 1. The molecule has 1 heterocycles. The SMILES string of the molecule is NC(=O)C1COCCN1c1ccc(F)c(N)c1C(=O)O. The zero-order valence-corrected chi connectivity index (χ0v) is 10.5. The number of nitrogen functional groups attached to an aromatic ring is 1. The number of primary amides is 1. The molecule has 1 atom stereocenters. The van der Waals surface area contributed by atoms with Crippen LogP contribution in [0.3, 0.4) is 0 Å². The van der Waals surface area contributed by atoms with E-state index >= 15 is 0 Å². The molecule has 0 saturated carbocycles. The number of amides is 1. The first-order valence-corrected chi connectivity index (χ1v) is 5.88. The van der Waals surface area contributed by atoms with Gasteiger partial charge in [0.05, 0.1) is 24.6 Å². The number of nitrogens with two attached hydrogens (primary N) is 2. The first-order chi connectivity index (χ1) is 9.43. The fourth-order valence-corrected chi connectivity index (χ4v) is 2.17. The second-order valence-corrected chi connectivity index (χ2v) is 4.35. The average molecular weight is 283 g/mol. The highest BCUT2D eigenvalue weighted by atomic mass is 19.1. The van der Waals surface area contributed by atoms with Crippen molar-refractivity contribution in [2.45, 2.75) is 6.04 Å². The topological polar surface area (TPSA) is 119 Å². The van der Waals surface area contributed by atoms with Gasteiger partial charge >= 0.3 is 5.97 Å². The quantitative estimate of drug-likeness (QED) is 0.661. The van der Waals surface area contributed by atoms with Crippen molar-refractivity contribution in [3.8, 4) is 0 Å². The lowest BCUT2D eigenvalue weighted by atomic mass is 10.1. The maximum absolute atomic E-state index is 13.4. The number of hydrogen-bond donors (Lipinski definition) is 3. The third kappa shape index (κ3) is 2.37. The molecule has 7 nitrogen and oxygen atoms in total. The molecule has 2 rings (SSSR count). The molecule has 0 aromatic heterocycles. The van der Waals surface area contributed by atoms with Crippen molar-refractivity contribution < 1.29 is 23.8 Å². The van der Waals surface area contributed by atoms with Gasteiger partial charge in [-0.3, -0.25) is 4.79 Å². The van der Waals surface area contributed by atoms with Crippen molar-refractivity contribution >= 4 is 23.3 Å². The van der Waals surface area contributed by atoms with Gasteiger partial charge in [-0.25, -0.2) is 9.18 Å². The van der Waals surface area contributed by atoms with E-state index in [0.29, 0.717) is 6.61 Å². The van der Waals surface area contributed by atoms with Crippen LogP contribution in [0.1, 0.15) is 10.4 Å². The van der Waals surface area contributed by atoms with Crippen LogP contribution in [0.15, 0.2) is 12.1 Å². The summed E-state index contributed by atoms with van der Waals surface area (Å²) in [5, 5.41) is 9.21. The molecule has 1 aromatic rings. The maximum atomic E-state index is 13.4.